The molecule has 3 heteroatoms. The minimum Gasteiger partial charge on any atom is -0.393 e. The SMILES string of the molecule is CCCCOC1C2CC[C@]1(CO)O[C@H]2C. The van der Waals surface area contributed by atoms with E-state index >= 15 is 0 Å². The van der Waals surface area contributed by atoms with Gasteiger partial charge in [0.1, 0.15) is 5.60 Å². The Bertz CT molecular complexity index is 219. The van der Waals surface area contributed by atoms with Crippen LogP contribution in [-0.4, -0.2) is 36.1 Å². The van der Waals surface area contributed by atoms with Gasteiger partial charge in [0.2, 0.25) is 0 Å². The molecular weight excluding hydrogens is 192 g/mol. The summed E-state index contributed by atoms with van der Waals surface area (Å²) in [6, 6.07) is 0. The second kappa shape index (κ2) is 4.40. The Morgan fingerprint density at radius 3 is 2.93 bits per heavy atom. The zero-order valence-corrected chi connectivity index (χ0v) is 9.74. The van der Waals surface area contributed by atoms with Crippen molar-refractivity contribution in [2.75, 3.05) is 13.2 Å². The maximum atomic E-state index is 9.48. The lowest BCUT2D eigenvalue weighted by Crippen LogP contribution is -2.42. The van der Waals surface area contributed by atoms with Gasteiger partial charge in [-0.3, -0.25) is 0 Å². The van der Waals surface area contributed by atoms with E-state index in [0.29, 0.717) is 5.92 Å². The lowest BCUT2D eigenvalue weighted by molar-refractivity contribution is -0.125. The van der Waals surface area contributed by atoms with Crippen LogP contribution < -0.4 is 0 Å². The summed E-state index contributed by atoms with van der Waals surface area (Å²) < 4.78 is 11.8. The number of ether oxygens (including phenoxy) is 2. The second-order valence-corrected chi connectivity index (χ2v) is 4.89. The van der Waals surface area contributed by atoms with Crippen LogP contribution in [0.3, 0.4) is 0 Å². The molecule has 0 radical (unpaired) electrons. The fourth-order valence-corrected chi connectivity index (χ4v) is 3.00. The standard InChI is InChI=1S/C12H22O3/c1-3-4-7-14-11-10-5-6-12(11,8-13)15-9(10)2/h9-11,13H,3-8H2,1-2H3/t9-,10?,11?,12+/m0/s1. The maximum Gasteiger partial charge on any atom is 0.118 e. The van der Waals surface area contributed by atoms with E-state index in [1.807, 2.05) is 0 Å². The maximum absolute atomic E-state index is 9.48. The molecule has 15 heavy (non-hydrogen) atoms. The number of hydrogen-bond donors (Lipinski definition) is 1. The topological polar surface area (TPSA) is 38.7 Å². The molecule has 1 N–H and O–H groups in total. The normalized spacial score (nSPS) is 43.8. The predicted molar refractivity (Wildman–Crippen MR) is 57.7 cm³/mol. The molecule has 1 saturated heterocycles. The van der Waals surface area contributed by atoms with Crippen molar-refractivity contribution in [3.05, 3.63) is 0 Å². The van der Waals surface area contributed by atoms with Gasteiger partial charge in [0.15, 0.2) is 0 Å². The molecule has 1 aliphatic heterocycles. The Hall–Kier alpha value is -0.120. The largest absolute Gasteiger partial charge is 0.393 e. The van der Waals surface area contributed by atoms with E-state index in [2.05, 4.69) is 13.8 Å². The van der Waals surface area contributed by atoms with Gasteiger partial charge in [-0.2, -0.15) is 0 Å². The van der Waals surface area contributed by atoms with Crippen molar-refractivity contribution in [3.63, 3.8) is 0 Å². The van der Waals surface area contributed by atoms with Crippen molar-refractivity contribution in [3.8, 4) is 0 Å². The molecule has 0 aromatic rings. The van der Waals surface area contributed by atoms with E-state index < -0.39 is 0 Å². The van der Waals surface area contributed by atoms with Crippen molar-refractivity contribution >= 4 is 0 Å². The monoisotopic (exact) mass is 214 g/mol. The molecule has 0 spiro atoms. The van der Waals surface area contributed by atoms with E-state index in [9.17, 15) is 5.11 Å². The Balaban J connectivity index is 1.97. The number of aliphatic hydroxyl groups is 1. The first-order valence-electron chi connectivity index (χ1n) is 6.14. The summed E-state index contributed by atoms with van der Waals surface area (Å²) in [5.74, 6) is 0.494. The fraction of sp³-hybridized carbons (Fsp3) is 1.00. The molecule has 2 aliphatic rings. The third-order valence-corrected chi connectivity index (χ3v) is 3.89. The van der Waals surface area contributed by atoms with Crippen LogP contribution in [0.5, 0.6) is 0 Å². The van der Waals surface area contributed by atoms with Crippen LogP contribution >= 0.6 is 0 Å². The minimum atomic E-state index is -0.377. The lowest BCUT2D eigenvalue weighted by atomic mass is 9.99. The van der Waals surface area contributed by atoms with Crippen LogP contribution in [0.15, 0.2) is 0 Å². The summed E-state index contributed by atoms with van der Waals surface area (Å²) in [5.41, 5.74) is -0.377. The van der Waals surface area contributed by atoms with Crippen LogP contribution in [0.2, 0.25) is 0 Å². The van der Waals surface area contributed by atoms with Gasteiger partial charge >= 0.3 is 0 Å². The van der Waals surface area contributed by atoms with Gasteiger partial charge < -0.3 is 14.6 Å². The summed E-state index contributed by atoms with van der Waals surface area (Å²) >= 11 is 0. The summed E-state index contributed by atoms with van der Waals surface area (Å²) in [6.45, 7) is 5.16. The molecule has 0 aromatic carbocycles. The molecule has 88 valence electrons. The van der Waals surface area contributed by atoms with Crippen LogP contribution in [0, 0.1) is 5.92 Å². The highest BCUT2D eigenvalue weighted by Crippen LogP contribution is 2.49. The number of hydrogen-bond acceptors (Lipinski definition) is 3. The molecule has 2 rings (SSSR count). The van der Waals surface area contributed by atoms with E-state index in [1.54, 1.807) is 0 Å². The zero-order valence-electron chi connectivity index (χ0n) is 9.74. The van der Waals surface area contributed by atoms with Gasteiger partial charge in [-0.15, -0.1) is 0 Å². The van der Waals surface area contributed by atoms with Gasteiger partial charge in [-0.25, -0.2) is 0 Å². The van der Waals surface area contributed by atoms with E-state index in [0.717, 1.165) is 32.3 Å². The lowest BCUT2D eigenvalue weighted by Gasteiger charge is -2.29. The van der Waals surface area contributed by atoms with Crippen molar-refractivity contribution in [2.24, 2.45) is 5.92 Å². The molecule has 3 nitrogen and oxygen atoms in total. The van der Waals surface area contributed by atoms with Gasteiger partial charge in [0.25, 0.3) is 0 Å². The number of unbranched alkanes of at least 4 members (excludes halogenated alkanes) is 1. The highest BCUT2D eigenvalue weighted by Gasteiger charge is 2.58. The Kier molecular flexibility index (Phi) is 3.33. The van der Waals surface area contributed by atoms with Crippen LogP contribution in [0.1, 0.15) is 39.5 Å². The van der Waals surface area contributed by atoms with Crippen LogP contribution in [-0.2, 0) is 9.47 Å². The molecule has 1 aliphatic carbocycles. The fourth-order valence-electron chi connectivity index (χ4n) is 3.00. The molecule has 2 bridgehead atoms. The molecule has 1 saturated carbocycles. The van der Waals surface area contributed by atoms with Crippen molar-refractivity contribution in [1.82, 2.24) is 0 Å². The molecule has 0 amide bonds. The smallest absolute Gasteiger partial charge is 0.118 e. The molecule has 4 atom stereocenters. The predicted octanol–water partition coefficient (Wildman–Crippen LogP) is 1.73. The highest BCUT2D eigenvalue weighted by molar-refractivity contribution is 5.07. The third kappa shape index (κ3) is 1.81. The quantitative estimate of drug-likeness (QED) is 0.708. The van der Waals surface area contributed by atoms with Gasteiger partial charge in [0, 0.05) is 12.5 Å². The molecule has 2 unspecified atom stereocenters. The average molecular weight is 214 g/mol. The van der Waals surface area contributed by atoms with Crippen molar-refractivity contribution < 1.29 is 14.6 Å². The van der Waals surface area contributed by atoms with E-state index in [-0.39, 0.29) is 24.4 Å². The highest BCUT2D eigenvalue weighted by atomic mass is 16.6. The first-order chi connectivity index (χ1) is 7.23. The Morgan fingerprint density at radius 2 is 2.33 bits per heavy atom. The van der Waals surface area contributed by atoms with Crippen LogP contribution in [0.4, 0.5) is 0 Å². The van der Waals surface area contributed by atoms with Crippen LogP contribution in [0.25, 0.3) is 0 Å². The van der Waals surface area contributed by atoms with Gasteiger partial charge in [-0.05, 0) is 26.2 Å². The first-order valence-corrected chi connectivity index (χ1v) is 6.14. The molecule has 1 heterocycles. The zero-order chi connectivity index (χ0) is 10.9. The number of aliphatic hydroxyl groups excluding tert-OH is 1. The van der Waals surface area contributed by atoms with E-state index in [4.69, 9.17) is 9.47 Å². The summed E-state index contributed by atoms with van der Waals surface area (Å²) in [4.78, 5) is 0. The third-order valence-electron chi connectivity index (χ3n) is 3.89. The first kappa shape index (κ1) is 11.4. The summed E-state index contributed by atoms with van der Waals surface area (Å²) in [6.07, 6.45) is 4.72. The number of fused-ring (bicyclic) bond motifs is 2. The summed E-state index contributed by atoms with van der Waals surface area (Å²) in [7, 11) is 0. The minimum absolute atomic E-state index is 0.102. The van der Waals surface area contributed by atoms with Crippen molar-refractivity contribution in [1.29, 1.82) is 0 Å². The van der Waals surface area contributed by atoms with Crippen molar-refractivity contribution in [2.45, 2.75) is 57.3 Å². The second-order valence-electron chi connectivity index (χ2n) is 4.89. The van der Waals surface area contributed by atoms with Gasteiger partial charge in [-0.1, -0.05) is 13.3 Å². The molecular formula is C12H22O3. The Morgan fingerprint density at radius 1 is 1.53 bits per heavy atom. The average Bonchev–Trinajstić information content (AvgIpc) is 2.71. The number of rotatable bonds is 5. The molecule has 2 fully saturated rings. The summed E-state index contributed by atoms with van der Waals surface area (Å²) in [5, 5.41) is 9.48. The Labute approximate surface area is 91.8 Å². The van der Waals surface area contributed by atoms with Gasteiger partial charge in [0.05, 0.1) is 18.8 Å². The molecule has 0 aromatic heterocycles. The van der Waals surface area contributed by atoms with E-state index in [1.165, 1.54) is 0 Å².